The normalized spacial score (nSPS) is 18.5. The minimum atomic E-state index is -4.92. The van der Waals surface area contributed by atoms with E-state index < -0.39 is 42.5 Å². The van der Waals surface area contributed by atoms with E-state index in [0.717, 1.165) is 36.4 Å². The molecule has 1 unspecified atom stereocenters. The molecule has 0 saturated carbocycles. The van der Waals surface area contributed by atoms with Crippen molar-refractivity contribution in [3.05, 3.63) is 58.6 Å². The molecule has 14 heteroatoms. The van der Waals surface area contributed by atoms with Crippen LogP contribution in [0.5, 0.6) is 5.75 Å². The average molecular weight is 528 g/mol. The van der Waals surface area contributed by atoms with E-state index in [9.17, 15) is 27.6 Å². The number of amides is 3. The van der Waals surface area contributed by atoms with E-state index in [-0.39, 0.29) is 17.8 Å². The van der Waals surface area contributed by atoms with Crippen molar-refractivity contribution in [2.75, 3.05) is 25.9 Å². The molecule has 10 nitrogen and oxygen atoms in total. The van der Waals surface area contributed by atoms with E-state index in [1.807, 2.05) is 0 Å². The summed E-state index contributed by atoms with van der Waals surface area (Å²) in [5.41, 5.74) is -0.582. The van der Waals surface area contributed by atoms with Gasteiger partial charge in [-0.1, -0.05) is 17.7 Å². The van der Waals surface area contributed by atoms with Crippen LogP contribution in [0.4, 0.5) is 28.4 Å². The van der Waals surface area contributed by atoms with Crippen LogP contribution in [0.3, 0.4) is 0 Å². The van der Waals surface area contributed by atoms with Crippen LogP contribution in [-0.2, 0) is 25.4 Å². The summed E-state index contributed by atoms with van der Waals surface area (Å²) in [4.78, 5) is 39.0. The summed E-state index contributed by atoms with van der Waals surface area (Å²) in [5, 5.41) is 5.48. The number of hydrogen-bond acceptors (Lipinski definition) is 8. The summed E-state index contributed by atoms with van der Waals surface area (Å²) >= 11 is 6.07. The number of carbonyl (C=O) groups excluding carboxylic acids is 3. The average Bonchev–Trinajstić information content (AvgIpc) is 3.17. The Morgan fingerprint density at radius 3 is 2.42 bits per heavy atom. The SMILES string of the molecule is COC(=O)N(C(=O)N1COC2(C(=O)OC)Cc3cc(Cl)ccc3C2=N1)c1ccc(OC(F)(F)F)cc1. The Morgan fingerprint density at radius 2 is 1.81 bits per heavy atom. The predicted molar refractivity (Wildman–Crippen MR) is 118 cm³/mol. The monoisotopic (exact) mass is 527 g/mol. The van der Waals surface area contributed by atoms with E-state index in [2.05, 4.69) is 14.6 Å². The molecular weight excluding hydrogens is 511 g/mol. The summed E-state index contributed by atoms with van der Waals surface area (Å²) < 4.78 is 56.6. The summed E-state index contributed by atoms with van der Waals surface area (Å²) in [5.74, 6) is -1.31. The third-order valence-electron chi connectivity index (χ3n) is 5.41. The standard InChI is InChI=1S/C22H17ClF3N3O7/c1-33-18(30)21-10-12-9-13(23)3-8-16(12)17(21)27-28(11-35-21)19(31)29(20(32)34-2)14-4-6-15(7-5-14)36-22(24,25)26/h3-9H,10-11H2,1-2H3. The fourth-order valence-corrected chi connectivity index (χ4v) is 4.07. The number of methoxy groups -OCH3 is 2. The van der Waals surface area contributed by atoms with E-state index in [1.54, 1.807) is 18.2 Å². The Labute approximate surface area is 206 Å². The van der Waals surface area contributed by atoms with Crippen molar-refractivity contribution in [3.63, 3.8) is 0 Å². The van der Waals surface area contributed by atoms with Crippen LogP contribution in [0.2, 0.25) is 5.02 Å². The number of imide groups is 1. The molecule has 36 heavy (non-hydrogen) atoms. The molecule has 0 fully saturated rings. The summed E-state index contributed by atoms with van der Waals surface area (Å²) in [7, 11) is 2.19. The number of halogens is 4. The van der Waals surface area contributed by atoms with Gasteiger partial charge in [0.2, 0.25) is 5.60 Å². The molecule has 0 radical (unpaired) electrons. The molecule has 0 saturated heterocycles. The summed E-state index contributed by atoms with van der Waals surface area (Å²) in [6, 6.07) is 7.70. The second kappa shape index (κ2) is 9.32. The molecule has 0 bridgehead atoms. The van der Waals surface area contributed by atoms with Crippen LogP contribution in [0.25, 0.3) is 0 Å². The highest BCUT2D eigenvalue weighted by molar-refractivity contribution is 6.31. The molecule has 4 rings (SSSR count). The number of fused-ring (bicyclic) bond motifs is 3. The minimum absolute atomic E-state index is 0.0534. The first-order chi connectivity index (χ1) is 17.0. The molecule has 0 aromatic heterocycles. The zero-order valence-corrected chi connectivity index (χ0v) is 19.4. The fraction of sp³-hybridized carbons (Fsp3) is 0.273. The van der Waals surface area contributed by atoms with Crippen molar-refractivity contribution in [3.8, 4) is 5.75 Å². The number of rotatable bonds is 3. The Balaban J connectivity index is 1.70. The number of alkyl halides is 3. The number of benzene rings is 2. The van der Waals surface area contributed by atoms with Gasteiger partial charge in [0, 0.05) is 17.0 Å². The van der Waals surface area contributed by atoms with Gasteiger partial charge in [-0.3, -0.25) is 0 Å². The quantitative estimate of drug-likeness (QED) is 0.553. The van der Waals surface area contributed by atoms with E-state index in [4.69, 9.17) is 21.1 Å². The lowest BCUT2D eigenvalue weighted by Crippen LogP contribution is -2.56. The molecular formula is C22H17ClF3N3O7. The first-order valence-electron chi connectivity index (χ1n) is 10.1. The number of urea groups is 1. The highest BCUT2D eigenvalue weighted by Crippen LogP contribution is 2.39. The number of nitrogens with zero attached hydrogens (tertiary/aromatic N) is 3. The highest BCUT2D eigenvalue weighted by Gasteiger charge is 2.55. The number of hydrazone groups is 1. The third kappa shape index (κ3) is 4.54. The Hall–Kier alpha value is -3.84. The van der Waals surface area contributed by atoms with Gasteiger partial charge in [-0.25, -0.2) is 14.4 Å². The van der Waals surface area contributed by atoms with Gasteiger partial charge >= 0.3 is 24.5 Å². The van der Waals surface area contributed by atoms with Gasteiger partial charge in [0.05, 0.1) is 19.9 Å². The molecule has 0 spiro atoms. The lowest BCUT2D eigenvalue weighted by Gasteiger charge is -2.35. The van der Waals surface area contributed by atoms with Gasteiger partial charge in [-0.05, 0) is 42.0 Å². The molecule has 190 valence electrons. The van der Waals surface area contributed by atoms with Crippen molar-refractivity contribution in [2.24, 2.45) is 5.10 Å². The summed E-state index contributed by atoms with van der Waals surface area (Å²) in [6.07, 6.45) is -6.01. The van der Waals surface area contributed by atoms with Crippen molar-refractivity contribution in [2.45, 2.75) is 18.4 Å². The van der Waals surface area contributed by atoms with Crippen LogP contribution in [0.1, 0.15) is 11.1 Å². The molecule has 1 heterocycles. The fourth-order valence-electron chi connectivity index (χ4n) is 3.87. The maximum atomic E-state index is 13.3. The van der Waals surface area contributed by atoms with Gasteiger partial charge in [0.1, 0.15) is 18.2 Å². The van der Waals surface area contributed by atoms with Gasteiger partial charge in [0.15, 0.2) is 0 Å². The van der Waals surface area contributed by atoms with Crippen molar-refractivity contribution in [1.29, 1.82) is 0 Å². The van der Waals surface area contributed by atoms with Gasteiger partial charge in [0.25, 0.3) is 0 Å². The Morgan fingerprint density at radius 1 is 1.11 bits per heavy atom. The molecule has 1 atom stereocenters. The second-order valence-electron chi connectivity index (χ2n) is 7.55. The van der Waals surface area contributed by atoms with E-state index >= 15 is 0 Å². The molecule has 2 aliphatic rings. The first-order valence-corrected chi connectivity index (χ1v) is 10.5. The second-order valence-corrected chi connectivity index (χ2v) is 7.98. The highest BCUT2D eigenvalue weighted by atomic mass is 35.5. The number of carbonyl (C=O) groups is 3. The van der Waals surface area contributed by atoms with Crippen LogP contribution >= 0.6 is 11.6 Å². The van der Waals surface area contributed by atoms with Gasteiger partial charge < -0.3 is 18.9 Å². The lowest BCUT2D eigenvalue weighted by atomic mass is 9.97. The molecule has 1 aliphatic carbocycles. The van der Waals surface area contributed by atoms with E-state index in [1.165, 1.54) is 7.11 Å². The zero-order chi connectivity index (χ0) is 26.3. The Bertz CT molecular complexity index is 1250. The topological polar surface area (TPSA) is 107 Å². The first kappa shape index (κ1) is 25.3. The van der Waals surface area contributed by atoms with Crippen LogP contribution in [0, 0.1) is 0 Å². The number of esters is 1. The van der Waals surface area contributed by atoms with Crippen LogP contribution in [0.15, 0.2) is 47.6 Å². The molecule has 1 aliphatic heterocycles. The molecule has 2 aromatic rings. The zero-order valence-electron chi connectivity index (χ0n) is 18.7. The molecule has 0 N–H and O–H groups in total. The number of hydrogen-bond donors (Lipinski definition) is 0. The van der Waals surface area contributed by atoms with Crippen LogP contribution < -0.4 is 9.64 Å². The van der Waals surface area contributed by atoms with Crippen LogP contribution in [-0.4, -0.2) is 61.7 Å². The van der Waals surface area contributed by atoms with Crippen molar-refractivity contribution < 1.29 is 46.5 Å². The number of anilines is 1. The maximum absolute atomic E-state index is 13.3. The van der Waals surface area contributed by atoms with Crippen molar-refractivity contribution >= 4 is 41.1 Å². The van der Waals surface area contributed by atoms with Gasteiger partial charge in [-0.2, -0.15) is 15.0 Å². The van der Waals surface area contributed by atoms with E-state index in [0.29, 0.717) is 21.0 Å². The van der Waals surface area contributed by atoms with Crippen molar-refractivity contribution in [1.82, 2.24) is 5.01 Å². The minimum Gasteiger partial charge on any atom is -0.467 e. The largest absolute Gasteiger partial charge is 0.573 e. The summed E-state index contributed by atoms with van der Waals surface area (Å²) in [6.45, 7) is -0.554. The molecule has 3 amide bonds. The smallest absolute Gasteiger partial charge is 0.467 e. The lowest BCUT2D eigenvalue weighted by molar-refractivity contribution is -0.274. The number of ether oxygens (including phenoxy) is 4. The predicted octanol–water partition coefficient (Wildman–Crippen LogP) is 4.09. The van der Waals surface area contributed by atoms with Gasteiger partial charge in [-0.15, -0.1) is 13.2 Å². The maximum Gasteiger partial charge on any atom is 0.573 e. The Kier molecular flexibility index (Phi) is 6.54. The molecule has 2 aromatic carbocycles. The third-order valence-corrected chi connectivity index (χ3v) is 5.65.